The number of carbonyl (C=O) groups is 1. The van der Waals surface area contributed by atoms with E-state index in [1.54, 1.807) is 53.2 Å². The van der Waals surface area contributed by atoms with Crippen LogP contribution in [0.2, 0.25) is 0 Å². The van der Waals surface area contributed by atoms with E-state index in [1.807, 2.05) is 35.7 Å². The second kappa shape index (κ2) is 10.4. The Kier molecular flexibility index (Phi) is 7.62. The lowest BCUT2D eigenvalue weighted by Crippen LogP contribution is -2.26. The molecule has 2 aromatic heterocycles. The Morgan fingerprint density at radius 3 is 2.81 bits per heavy atom. The van der Waals surface area contributed by atoms with Crippen LogP contribution in [0.3, 0.4) is 0 Å². The quantitative estimate of drug-likeness (QED) is 0.477. The number of nitrogens with one attached hydrogen (secondary N) is 1. The number of pyridine rings is 1. The molecule has 3 aromatic rings. The molecule has 2 heterocycles. The summed E-state index contributed by atoms with van der Waals surface area (Å²) in [6, 6.07) is 17.8. The van der Waals surface area contributed by atoms with Crippen molar-refractivity contribution in [2.75, 3.05) is 5.75 Å². The van der Waals surface area contributed by atoms with Crippen LogP contribution in [0.15, 0.2) is 76.1 Å². The molecule has 3 rings (SSSR count). The van der Waals surface area contributed by atoms with E-state index in [2.05, 4.69) is 29.4 Å². The van der Waals surface area contributed by atoms with E-state index in [0.29, 0.717) is 17.5 Å². The fraction of sp³-hybridized carbons (Fsp3) is 0.200. The van der Waals surface area contributed by atoms with Gasteiger partial charge in [0.1, 0.15) is 5.03 Å². The average Bonchev–Trinajstić information content (AvgIpc) is 3.21. The number of aromatic nitrogens is 1. The number of rotatable bonds is 8. The fourth-order valence-electron chi connectivity index (χ4n) is 2.21. The molecule has 1 amide bonds. The molecule has 1 atom stereocenters. The summed E-state index contributed by atoms with van der Waals surface area (Å²) in [5.41, 5.74) is 0. The van der Waals surface area contributed by atoms with Crippen LogP contribution in [0.25, 0.3) is 0 Å². The van der Waals surface area contributed by atoms with Gasteiger partial charge in [-0.1, -0.05) is 43.0 Å². The summed E-state index contributed by atoms with van der Waals surface area (Å²) in [5.74, 6) is 1.43. The van der Waals surface area contributed by atoms with Gasteiger partial charge in [0.05, 0.1) is 6.54 Å². The van der Waals surface area contributed by atoms with Gasteiger partial charge in [-0.15, -0.1) is 23.1 Å². The Balaban J connectivity index is 1.52. The molecule has 0 saturated heterocycles. The van der Waals surface area contributed by atoms with E-state index >= 15 is 0 Å². The Bertz CT molecular complexity index is 841. The van der Waals surface area contributed by atoms with Crippen molar-refractivity contribution in [2.45, 2.75) is 28.6 Å². The minimum atomic E-state index is -0.468. The van der Waals surface area contributed by atoms with Crippen LogP contribution in [0.1, 0.15) is 11.8 Å². The topological polar surface area (TPSA) is 51.2 Å². The molecule has 0 fully saturated rings. The first-order chi connectivity index (χ1) is 13.2. The van der Waals surface area contributed by atoms with Gasteiger partial charge in [0.25, 0.3) is 0 Å². The van der Waals surface area contributed by atoms with Crippen LogP contribution >= 0.6 is 34.9 Å². The monoisotopic (exact) mass is 416 g/mol. The molecule has 1 aromatic carbocycles. The summed E-state index contributed by atoms with van der Waals surface area (Å²) < 4.78 is 5.47. The molecule has 0 aliphatic heterocycles. The predicted molar refractivity (Wildman–Crippen MR) is 114 cm³/mol. The minimum Gasteiger partial charge on any atom is -0.407 e. The molecule has 0 spiro atoms. The van der Waals surface area contributed by atoms with Crippen molar-refractivity contribution >= 4 is 41.0 Å². The average molecular weight is 417 g/mol. The molecule has 27 heavy (non-hydrogen) atoms. The second-order valence-electron chi connectivity index (χ2n) is 5.68. The molecule has 0 bridgehead atoms. The maximum atomic E-state index is 12.1. The molecular weight excluding hydrogens is 396 g/mol. The van der Waals surface area contributed by atoms with Crippen molar-refractivity contribution in [1.82, 2.24) is 10.3 Å². The highest BCUT2D eigenvalue weighted by atomic mass is 32.2. The van der Waals surface area contributed by atoms with E-state index in [1.165, 1.54) is 4.90 Å². The van der Waals surface area contributed by atoms with Gasteiger partial charge in [-0.2, -0.15) is 0 Å². The first-order valence-electron chi connectivity index (χ1n) is 8.48. The third-order valence-corrected chi connectivity index (χ3v) is 6.93. The summed E-state index contributed by atoms with van der Waals surface area (Å²) in [7, 11) is 0. The lowest BCUT2D eigenvalue weighted by Gasteiger charge is -2.13. The van der Waals surface area contributed by atoms with Crippen molar-refractivity contribution in [3.05, 3.63) is 71.1 Å². The molecule has 1 N–H and O–H groups in total. The number of carbonyl (C=O) groups excluding carboxylic acids is 1. The number of thioether (sulfide) groups is 2. The number of benzene rings is 1. The number of thiophene rings is 1. The third-order valence-electron chi connectivity index (χ3n) is 3.47. The van der Waals surface area contributed by atoms with Crippen molar-refractivity contribution in [2.24, 2.45) is 0 Å². The number of ether oxygens (including phenoxy) is 1. The Morgan fingerprint density at radius 2 is 2.04 bits per heavy atom. The summed E-state index contributed by atoms with van der Waals surface area (Å²) in [6.07, 6.45) is 1.25. The maximum absolute atomic E-state index is 12.1. The molecule has 4 nitrogen and oxygen atoms in total. The van der Waals surface area contributed by atoms with Gasteiger partial charge in [0.2, 0.25) is 0 Å². The Hall–Kier alpha value is -1.96. The fourth-order valence-corrected chi connectivity index (χ4v) is 4.83. The van der Waals surface area contributed by atoms with Crippen LogP contribution in [-0.4, -0.2) is 22.1 Å². The smallest absolute Gasteiger partial charge is 0.407 e. The minimum absolute atomic E-state index is 0.321. The number of nitrogens with zero attached hydrogens (tertiary/aromatic N) is 1. The van der Waals surface area contributed by atoms with E-state index in [4.69, 9.17) is 4.74 Å². The molecule has 7 heteroatoms. The van der Waals surface area contributed by atoms with E-state index in [9.17, 15) is 4.79 Å². The molecule has 140 valence electrons. The number of hydrogen-bond acceptors (Lipinski definition) is 6. The highest BCUT2D eigenvalue weighted by molar-refractivity contribution is 8.03. The van der Waals surface area contributed by atoms with E-state index < -0.39 is 6.09 Å². The van der Waals surface area contributed by atoms with Gasteiger partial charge in [-0.25, -0.2) is 9.78 Å². The van der Waals surface area contributed by atoms with Crippen LogP contribution in [0.5, 0.6) is 5.75 Å². The normalized spacial score (nSPS) is 11.7. The summed E-state index contributed by atoms with van der Waals surface area (Å²) in [4.78, 5) is 18.8. The zero-order valence-corrected chi connectivity index (χ0v) is 17.3. The summed E-state index contributed by atoms with van der Waals surface area (Å²) >= 11 is 5.02. The zero-order valence-electron chi connectivity index (χ0n) is 14.8. The van der Waals surface area contributed by atoms with Crippen molar-refractivity contribution in [3.8, 4) is 5.75 Å². The highest BCUT2D eigenvalue weighted by Crippen LogP contribution is 2.32. The highest BCUT2D eigenvalue weighted by Gasteiger charge is 2.14. The third kappa shape index (κ3) is 6.61. The van der Waals surface area contributed by atoms with Gasteiger partial charge in [0.15, 0.2) is 5.75 Å². The van der Waals surface area contributed by atoms with Gasteiger partial charge in [-0.3, -0.25) is 0 Å². The lowest BCUT2D eigenvalue weighted by atomic mass is 10.4. The Morgan fingerprint density at radius 1 is 1.19 bits per heavy atom. The first kappa shape index (κ1) is 19.8. The van der Waals surface area contributed by atoms with Crippen molar-refractivity contribution in [1.29, 1.82) is 0 Å². The zero-order chi connectivity index (χ0) is 18.9. The molecule has 0 aliphatic rings. The molecule has 0 radical (unpaired) electrons. The van der Waals surface area contributed by atoms with Gasteiger partial charge in [-0.05, 0) is 35.7 Å². The summed E-state index contributed by atoms with van der Waals surface area (Å²) in [5, 5.41) is 5.80. The van der Waals surface area contributed by atoms with Gasteiger partial charge < -0.3 is 10.1 Å². The van der Waals surface area contributed by atoms with Crippen molar-refractivity contribution < 1.29 is 9.53 Å². The molecular formula is C20H20N2O2S3. The maximum Gasteiger partial charge on any atom is 0.412 e. The van der Waals surface area contributed by atoms with Crippen LogP contribution < -0.4 is 10.1 Å². The standard InChI is InChI=1S/C20H20N2O2S3/c1-15(14-26-16-7-3-2-4-8-16)27-19-18(10-5-11-21-19)24-20(23)22-13-17-9-6-12-25-17/h2-12,15H,13-14H2,1H3,(H,22,23). The predicted octanol–water partition coefficient (Wildman–Crippen LogP) is 5.70. The van der Waals surface area contributed by atoms with E-state index in [-0.39, 0.29) is 0 Å². The van der Waals surface area contributed by atoms with Gasteiger partial charge >= 0.3 is 6.09 Å². The van der Waals surface area contributed by atoms with Crippen LogP contribution in [-0.2, 0) is 6.54 Å². The first-order valence-corrected chi connectivity index (χ1v) is 11.2. The largest absolute Gasteiger partial charge is 0.412 e. The number of amides is 1. The molecule has 0 saturated carbocycles. The molecule has 0 aliphatic carbocycles. The Labute approximate surface area is 171 Å². The number of hydrogen-bond donors (Lipinski definition) is 1. The van der Waals surface area contributed by atoms with Crippen LogP contribution in [0.4, 0.5) is 4.79 Å². The van der Waals surface area contributed by atoms with Gasteiger partial charge in [0, 0.05) is 27.0 Å². The van der Waals surface area contributed by atoms with Crippen LogP contribution in [0, 0.1) is 0 Å². The lowest BCUT2D eigenvalue weighted by molar-refractivity contribution is 0.198. The second-order valence-corrected chi connectivity index (χ2v) is 9.23. The summed E-state index contributed by atoms with van der Waals surface area (Å²) in [6.45, 7) is 2.61. The SMILES string of the molecule is CC(CSc1ccccc1)Sc1ncccc1OC(=O)NCc1cccs1. The van der Waals surface area contributed by atoms with Crippen molar-refractivity contribution in [3.63, 3.8) is 0 Å². The molecule has 1 unspecified atom stereocenters. The van der Waals surface area contributed by atoms with E-state index in [0.717, 1.165) is 15.7 Å².